The Kier molecular flexibility index (Phi) is 6.27. The van der Waals surface area contributed by atoms with Gasteiger partial charge in [0.2, 0.25) is 0 Å². The van der Waals surface area contributed by atoms with Crippen LogP contribution < -0.4 is 14.9 Å². The molecule has 0 aliphatic rings. The molecule has 2 aromatic rings. The van der Waals surface area contributed by atoms with Crippen LogP contribution in [0, 0.1) is 0 Å². The summed E-state index contributed by atoms with van der Waals surface area (Å²) in [6.45, 7) is 3.18. The molecule has 2 aromatic carbocycles. The first-order valence-electron chi connectivity index (χ1n) is 7.04. The van der Waals surface area contributed by atoms with Crippen molar-refractivity contribution in [3.05, 3.63) is 58.1 Å². The number of nitrogens with zero attached hydrogens (tertiary/aromatic N) is 1. The average Bonchev–Trinajstić information content (AvgIpc) is 2.54. The Labute approximate surface area is 139 Å². The number of hydrazone groups is 1. The number of rotatable bonds is 7. The minimum absolute atomic E-state index is 0.596. The molecule has 4 nitrogen and oxygen atoms in total. The highest BCUT2D eigenvalue weighted by atomic mass is 79.9. The van der Waals surface area contributed by atoms with Crippen LogP contribution in [0.25, 0.3) is 0 Å². The topological polar surface area (TPSA) is 42.8 Å². The van der Waals surface area contributed by atoms with Gasteiger partial charge in [0.15, 0.2) is 0 Å². The van der Waals surface area contributed by atoms with Crippen molar-refractivity contribution >= 4 is 22.1 Å². The number of methoxy groups -OCH3 is 1. The summed E-state index contributed by atoms with van der Waals surface area (Å²) in [6, 6.07) is 13.7. The number of para-hydroxylation sites is 1. The lowest BCUT2D eigenvalue weighted by atomic mass is 10.2. The van der Waals surface area contributed by atoms with E-state index in [1.54, 1.807) is 13.3 Å². The molecule has 5 heteroatoms. The maximum absolute atomic E-state index is 5.58. The van der Waals surface area contributed by atoms with E-state index in [2.05, 4.69) is 26.5 Å². The molecule has 0 saturated heterocycles. The summed E-state index contributed by atoms with van der Waals surface area (Å²) in [4.78, 5) is 0. The summed E-state index contributed by atoms with van der Waals surface area (Å²) < 4.78 is 11.9. The highest BCUT2D eigenvalue weighted by Gasteiger charge is 2.02. The predicted octanol–water partition coefficient (Wildman–Crippen LogP) is 3.98. The van der Waals surface area contributed by atoms with Crippen molar-refractivity contribution in [3.8, 4) is 11.5 Å². The second-order valence-electron chi connectivity index (χ2n) is 4.52. The van der Waals surface area contributed by atoms with Gasteiger partial charge in [-0.2, -0.15) is 5.10 Å². The van der Waals surface area contributed by atoms with E-state index in [-0.39, 0.29) is 0 Å². The number of benzene rings is 2. The van der Waals surface area contributed by atoms with Gasteiger partial charge in [-0.25, -0.2) is 0 Å². The van der Waals surface area contributed by atoms with E-state index < -0.39 is 0 Å². The van der Waals surface area contributed by atoms with E-state index in [1.807, 2.05) is 49.4 Å². The monoisotopic (exact) mass is 362 g/mol. The van der Waals surface area contributed by atoms with Crippen LogP contribution in [0.2, 0.25) is 0 Å². The third kappa shape index (κ3) is 4.49. The molecular formula is C17H19BrN2O2. The second-order valence-corrected chi connectivity index (χ2v) is 5.44. The normalized spacial score (nSPS) is 10.7. The zero-order valence-corrected chi connectivity index (χ0v) is 14.3. The first kappa shape index (κ1) is 16.4. The summed E-state index contributed by atoms with van der Waals surface area (Å²) in [5.41, 5.74) is 5.01. The maximum Gasteiger partial charge on any atom is 0.128 e. The molecule has 0 aliphatic heterocycles. The van der Waals surface area contributed by atoms with Crippen molar-refractivity contribution in [2.75, 3.05) is 13.7 Å². The Morgan fingerprint density at radius 2 is 2.00 bits per heavy atom. The Hall–Kier alpha value is -2.01. The van der Waals surface area contributed by atoms with Crippen LogP contribution in [0.5, 0.6) is 11.5 Å². The highest BCUT2D eigenvalue weighted by Crippen LogP contribution is 2.22. The predicted molar refractivity (Wildman–Crippen MR) is 92.7 cm³/mol. The lowest BCUT2D eigenvalue weighted by Crippen LogP contribution is -2.07. The number of nitrogens with one attached hydrogen (secondary N) is 1. The third-order valence-electron chi connectivity index (χ3n) is 3.03. The molecule has 0 bridgehead atoms. The first-order valence-corrected chi connectivity index (χ1v) is 7.84. The molecule has 0 fully saturated rings. The van der Waals surface area contributed by atoms with Crippen LogP contribution in [-0.4, -0.2) is 19.9 Å². The fourth-order valence-corrected chi connectivity index (χ4v) is 2.38. The van der Waals surface area contributed by atoms with Crippen molar-refractivity contribution in [2.24, 2.45) is 5.10 Å². The Morgan fingerprint density at radius 3 is 2.77 bits per heavy atom. The molecule has 116 valence electrons. The van der Waals surface area contributed by atoms with Gasteiger partial charge in [-0.1, -0.05) is 34.1 Å². The van der Waals surface area contributed by atoms with Crippen LogP contribution in [0.15, 0.2) is 52.0 Å². The van der Waals surface area contributed by atoms with E-state index in [0.717, 1.165) is 27.1 Å². The molecule has 0 radical (unpaired) electrons. The van der Waals surface area contributed by atoms with E-state index >= 15 is 0 Å². The molecule has 0 aromatic heterocycles. The molecular weight excluding hydrogens is 344 g/mol. The standard InChI is InChI=1S/C17H19BrN2O2/c1-3-22-17-9-8-15(18)10-14(17)12-20-19-11-13-6-4-5-7-16(13)21-2/h4-10,12,19H,3,11H2,1-2H3/b20-12-. The molecule has 22 heavy (non-hydrogen) atoms. The Bertz CT molecular complexity index is 644. The Morgan fingerprint density at radius 1 is 1.18 bits per heavy atom. The van der Waals surface area contributed by atoms with Gasteiger partial charge in [0.1, 0.15) is 11.5 Å². The minimum Gasteiger partial charge on any atom is -0.496 e. The largest absolute Gasteiger partial charge is 0.496 e. The zero-order valence-electron chi connectivity index (χ0n) is 12.7. The second kappa shape index (κ2) is 8.44. The molecule has 0 heterocycles. The van der Waals surface area contributed by atoms with Crippen LogP contribution in [0.4, 0.5) is 0 Å². The van der Waals surface area contributed by atoms with Crippen LogP contribution in [-0.2, 0) is 6.54 Å². The summed E-state index contributed by atoms with van der Waals surface area (Å²) in [5.74, 6) is 1.66. The van der Waals surface area contributed by atoms with E-state index in [9.17, 15) is 0 Å². The van der Waals surface area contributed by atoms with Gasteiger partial charge in [-0.15, -0.1) is 0 Å². The van der Waals surface area contributed by atoms with Gasteiger partial charge in [0.05, 0.1) is 26.5 Å². The van der Waals surface area contributed by atoms with Crippen molar-refractivity contribution < 1.29 is 9.47 Å². The highest BCUT2D eigenvalue weighted by molar-refractivity contribution is 9.10. The number of ether oxygens (including phenoxy) is 2. The van der Waals surface area contributed by atoms with Crippen LogP contribution >= 0.6 is 15.9 Å². The minimum atomic E-state index is 0.596. The van der Waals surface area contributed by atoms with Gasteiger partial charge in [-0.05, 0) is 31.2 Å². The van der Waals surface area contributed by atoms with Gasteiger partial charge in [-0.3, -0.25) is 0 Å². The Balaban J connectivity index is 2.02. The smallest absolute Gasteiger partial charge is 0.128 e. The van der Waals surface area contributed by atoms with Gasteiger partial charge in [0, 0.05) is 15.6 Å². The first-order chi connectivity index (χ1) is 10.7. The van der Waals surface area contributed by atoms with Crippen LogP contribution in [0.3, 0.4) is 0 Å². The molecule has 2 rings (SSSR count). The molecule has 0 unspecified atom stereocenters. The van der Waals surface area contributed by atoms with E-state index in [0.29, 0.717) is 13.2 Å². The summed E-state index contributed by atoms with van der Waals surface area (Å²) in [7, 11) is 1.66. The van der Waals surface area contributed by atoms with E-state index in [4.69, 9.17) is 9.47 Å². The number of hydrogen-bond acceptors (Lipinski definition) is 4. The maximum atomic E-state index is 5.58. The van der Waals surface area contributed by atoms with Crippen molar-refractivity contribution in [1.82, 2.24) is 5.43 Å². The number of hydrogen-bond donors (Lipinski definition) is 1. The third-order valence-corrected chi connectivity index (χ3v) is 3.52. The summed E-state index contributed by atoms with van der Waals surface area (Å²) >= 11 is 3.46. The average molecular weight is 363 g/mol. The van der Waals surface area contributed by atoms with Gasteiger partial charge in [0.25, 0.3) is 0 Å². The molecule has 0 spiro atoms. The van der Waals surface area contributed by atoms with E-state index in [1.165, 1.54) is 0 Å². The van der Waals surface area contributed by atoms with Crippen molar-refractivity contribution in [2.45, 2.75) is 13.5 Å². The SMILES string of the molecule is CCOc1ccc(Br)cc1/C=N\NCc1ccccc1OC. The van der Waals surface area contributed by atoms with Crippen molar-refractivity contribution in [3.63, 3.8) is 0 Å². The number of halogens is 1. The zero-order chi connectivity index (χ0) is 15.8. The van der Waals surface area contributed by atoms with Gasteiger partial charge < -0.3 is 14.9 Å². The molecule has 0 atom stereocenters. The molecule has 0 aliphatic carbocycles. The molecule has 0 amide bonds. The summed E-state index contributed by atoms with van der Waals surface area (Å²) in [6.07, 6.45) is 1.76. The molecule has 0 saturated carbocycles. The van der Waals surface area contributed by atoms with Crippen molar-refractivity contribution in [1.29, 1.82) is 0 Å². The fourth-order valence-electron chi connectivity index (χ4n) is 2.00. The van der Waals surface area contributed by atoms with Gasteiger partial charge >= 0.3 is 0 Å². The fraction of sp³-hybridized carbons (Fsp3) is 0.235. The lowest BCUT2D eigenvalue weighted by molar-refractivity contribution is 0.339. The quantitative estimate of drug-likeness (QED) is 0.598. The molecule has 1 N–H and O–H groups in total. The summed E-state index contributed by atoms with van der Waals surface area (Å²) in [5, 5.41) is 4.26. The van der Waals surface area contributed by atoms with Crippen LogP contribution in [0.1, 0.15) is 18.1 Å². The lowest BCUT2D eigenvalue weighted by Gasteiger charge is -2.08.